The SMILES string of the molecule is CCc1cc(CC(NC(=O)N2CCC(N3Cc4ccccc4NC3=O)CC2)c2nnn(CCc3ccccc3)n2)cc2c(C)[nH]nc12. The van der Waals surface area contributed by atoms with E-state index in [0.29, 0.717) is 51.3 Å². The lowest BCUT2D eigenvalue weighted by Crippen LogP contribution is -2.53. The molecule has 0 aliphatic carbocycles. The number of urea groups is 2. The number of carbonyl (C=O) groups excluding carboxylic acids is 2. The Kier molecular flexibility index (Phi) is 8.56. The Bertz CT molecular complexity index is 1880. The summed E-state index contributed by atoms with van der Waals surface area (Å²) in [5, 5.41) is 28.4. The predicted octanol–water partition coefficient (Wildman–Crippen LogP) is 5.17. The van der Waals surface area contributed by atoms with Gasteiger partial charge < -0.3 is 20.4 Å². The average molecular weight is 633 g/mol. The molecule has 0 spiro atoms. The van der Waals surface area contributed by atoms with Crippen LogP contribution in [-0.4, -0.2) is 71.4 Å². The molecule has 3 N–H and O–H groups in total. The summed E-state index contributed by atoms with van der Waals surface area (Å²) in [6.45, 7) is 6.40. The van der Waals surface area contributed by atoms with E-state index in [1.807, 2.05) is 59.2 Å². The summed E-state index contributed by atoms with van der Waals surface area (Å²) in [6, 6.07) is 21.7. The molecule has 3 aromatic carbocycles. The number of piperidine rings is 1. The second-order valence-electron chi connectivity index (χ2n) is 12.5. The van der Waals surface area contributed by atoms with Gasteiger partial charge in [-0.2, -0.15) is 9.90 Å². The molecule has 7 rings (SSSR count). The Hall–Kier alpha value is -5.26. The number of nitrogens with zero attached hydrogens (tertiary/aromatic N) is 7. The van der Waals surface area contributed by atoms with E-state index >= 15 is 0 Å². The third kappa shape index (κ3) is 6.53. The molecule has 242 valence electrons. The van der Waals surface area contributed by atoms with Crippen LogP contribution in [0.3, 0.4) is 0 Å². The standard InChI is InChI=1S/C35H40N10O2/c1-3-26-19-25(20-29-23(2)38-39-32(26)29)21-31(33-40-42-45(41-33)18-13-24-9-5-4-6-10-24)37-34(46)43-16-14-28(15-17-43)44-22-27-11-7-8-12-30(27)36-35(44)47/h4-12,19-20,28,31H,3,13-18,21-22H2,1-2H3,(H,36,47)(H,37,46)(H,38,39). The van der Waals surface area contributed by atoms with Gasteiger partial charge in [0, 0.05) is 48.9 Å². The van der Waals surface area contributed by atoms with Crippen LogP contribution in [0.15, 0.2) is 66.7 Å². The number of carbonyl (C=O) groups is 2. The van der Waals surface area contributed by atoms with E-state index in [-0.39, 0.29) is 18.1 Å². The van der Waals surface area contributed by atoms with Crippen LogP contribution in [0.1, 0.15) is 59.6 Å². The van der Waals surface area contributed by atoms with Gasteiger partial charge in [-0.25, -0.2) is 9.59 Å². The first-order valence-corrected chi connectivity index (χ1v) is 16.4. The average Bonchev–Trinajstić information content (AvgIpc) is 3.73. The second-order valence-corrected chi connectivity index (χ2v) is 12.5. The molecule has 47 heavy (non-hydrogen) atoms. The normalized spacial score (nSPS) is 15.8. The van der Waals surface area contributed by atoms with Crippen molar-refractivity contribution in [2.75, 3.05) is 18.4 Å². The Balaban J connectivity index is 1.06. The first kappa shape index (κ1) is 30.4. The number of H-pyrrole nitrogens is 1. The number of tetrazole rings is 1. The van der Waals surface area contributed by atoms with Gasteiger partial charge in [-0.1, -0.05) is 61.5 Å². The van der Waals surface area contributed by atoms with E-state index in [2.05, 4.69) is 62.3 Å². The van der Waals surface area contributed by atoms with Crippen molar-refractivity contribution in [3.8, 4) is 0 Å². The number of nitrogens with one attached hydrogen (secondary N) is 3. The summed E-state index contributed by atoms with van der Waals surface area (Å²) in [4.78, 5) is 32.0. The lowest BCUT2D eigenvalue weighted by atomic mass is 9.98. The largest absolute Gasteiger partial charge is 0.327 e. The molecule has 12 nitrogen and oxygen atoms in total. The fourth-order valence-electron chi connectivity index (χ4n) is 6.71. The van der Waals surface area contributed by atoms with Gasteiger partial charge in [0.25, 0.3) is 0 Å². The zero-order valence-electron chi connectivity index (χ0n) is 26.8. The molecule has 0 radical (unpaired) electrons. The third-order valence-corrected chi connectivity index (χ3v) is 9.38. The predicted molar refractivity (Wildman–Crippen MR) is 179 cm³/mol. The van der Waals surface area contributed by atoms with E-state index in [1.165, 1.54) is 5.56 Å². The third-order valence-electron chi connectivity index (χ3n) is 9.38. The quantitative estimate of drug-likeness (QED) is 0.205. The van der Waals surface area contributed by atoms with Crippen LogP contribution in [0, 0.1) is 6.92 Å². The Labute approximate surface area is 273 Å². The molecular weight excluding hydrogens is 592 g/mol. The molecule has 1 saturated heterocycles. The zero-order chi connectivity index (χ0) is 32.3. The first-order chi connectivity index (χ1) is 22.9. The number of aromatic amines is 1. The Morgan fingerprint density at radius 2 is 1.83 bits per heavy atom. The number of likely N-dealkylation sites (tertiary alicyclic amines) is 1. The maximum absolute atomic E-state index is 13.8. The summed E-state index contributed by atoms with van der Waals surface area (Å²) >= 11 is 0. The fourth-order valence-corrected chi connectivity index (χ4v) is 6.71. The number of aromatic nitrogens is 6. The van der Waals surface area contributed by atoms with Crippen LogP contribution in [0.5, 0.6) is 0 Å². The summed E-state index contributed by atoms with van der Waals surface area (Å²) in [5.74, 6) is 0.479. The topological polar surface area (TPSA) is 137 Å². The van der Waals surface area contributed by atoms with Crippen LogP contribution >= 0.6 is 0 Å². The van der Waals surface area contributed by atoms with Crippen LogP contribution < -0.4 is 10.6 Å². The highest BCUT2D eigenvalue weighted by atomic mass is 16.2. The number of benzene rings is 3. The summed E-state index contributed by atoms with van der Waals surface area (Å²) in [7, 11) is 0. The van der Waals surface area contributed by atoms with Crippen molar-refractivity contribution in [1.29, 1.82) is 0 Å². The summed E-state index contributed by atoms with van der Waals surface area (Å²) in [5.41, 5.74) is 7.38. The van der Waals surface area contributed by atoms with E-state index in [0.717, 1.165) is 51.8 Å². The molecule has 2 aliphatic rings. The number of anilines is 1. The minimum atomic E-state index is -0.482. The lowest BCUT2D eigenvalue weighted by molar-refractivity contribution is 0.127. The molecule has 1 fully saturated rings. The van der Waals surface area contributed by atoms with Crippen molar-refractivity contribution < 1.29 is 9.59 Å². The van der Waals surface area contributed by atoms with Gasteiger partial charge in [-0.15, -0.1) is 10.2 Å². The molecule has 4 heterocycles. The Morgan fingerprint density at radius 1 is 1.04 bits per heavy atom. The highest BCUT2D eigenvalue weighted by Crippen LogP contribution is 2.29. The van der Waals surface area contributed by atoms with Crippen molar-refractivity contribution >= 4 is 28.7 Å². The number of rotatable bonds is 9. The van der Waals surface area contributed by atoms with Crippen molar-refractivity contribution in [3.05, 3.63) is 101 Å². The van der Waals surface area contributed by atoms with Crippen molar-refractivity contribution in [2.24, 2.45) is 0 Å². The zero-order valence-corrected chi connectivity index (χ0v) is 26.8. The van der Waals surface area contributed by atoms with Gasteiger partial charge >= 0.3 is 12.1 Å². The van der Waals surface area contributed by atoms with Crippen LogP contribution in [0.4, 0.5) is 15.3 Å². The van der Waals surface area contributed by atoms with Gasteiger partial charge in [0.05, 0.1) is 18.1 Å². The van der Waals surface area contributed by atoms with Gasteiger partial charge in [-0.05, 0) is 72.2 Å². The maximum Gasteiger partial charge on any atom is 0.322 e. The second kappa shape index (κ2) is 13.2. The van der Waals surface area contributed by atoms with Crippen LogP contribution in [0.25, 0.3) is 10.9 Å². The lowest BCUT2D eigenvalue weighted by Gasteiger charge is -2.40. The molecule has 0 saturated carbocycles. The molecule has 1 atom stereocenters. The Morgan fingerprint density at radius 3 is 2.64 bits per heavy atom. The number of aryl methyl sites for hydroxylation is 4. The minimum absolute atomic E-state index is 0.0618. The molecule has 2 aliphatic heterocycles. The monoisotopic (exact) mass is 632 g/mol. The van der Waals surface area contributed by atoms with E-state index in [1.54, 1.807) is 4.80 Å². The molecular formula is C35H40N10O2. The van der Waals surface area contributed by atoms with Gasteiger partial charge in [0.2, 0.25) is 0 Å². The number of fused-ring (bicyclic) bond motifs is 2. The molecule has 2 aromatic heterocycles. The minimum Gasteiger partial charge on any atom is -0.327 e. The molecule has 12 heteroatoms. The number of amides is 4. The molecule has 0 bridgehead atoms. The highest BCUT2D eigenvalue weighted by Gasteiger charge is 2.33. The van der Waals surface area contributed by atoms with Crippen LogP contribution in [0.2, 0.25) is 0 Å². The molecule has 4 amide bonds. The number of hydrogen-bond acceptors (Lipinski definition) is 6. The van der Waals surface area contributed by atoms with E-state index < -0.39 is 6.04 Å². The van der Waals surface area contributed by atoms with E-state index in [4.69, 9.17) is 5.10 Å². The van der Waals surface area contributed by atoms with Crippen LogP contribution in [-0.2, 0) is 32.4 Å². The molecule has 5 aromatic rings. The van der Waals surface area contributed by atoms with Gasteiger partial charge in [0.15, 0.2) is 5.82 Å². The molecule has 1 unspecified atom stereocenters. The van der Waals surface area contributed by atoms with Crippen molar-refractivity contribution in [1.82, 2.24) is 45.5 Å². The fraction of sp³-hybridized carbons (Fsp3) is 0.371. The van der Waals surface area contributed by atoms with Gasteiger partial charge in [-0.3, -0.25) is 5.10 Å². The first-order valence-electron chi connectivity index (χ1n) is 16.4. The summed E-state index contributed by atoms with van der Waals surface area (Å²) in [6.07, 6.45) is 3.54. The van der Waals surface area contributed by atoms with Crippen molar-refractivity contribution in [3.63, 3.8) is 0 Å². The van der Waals surface area contributed by atoms with Gasteiger partial charge in [0.1, 0.15) is 0 Å². The maximum atomic E-state index is 13.8. The smallest absolute Gasteiger partial charge is 0.322 e. The number of hydrogen-bond donors (Lipinski definition) is 3. The summed E-state index contributed by atoms with van der Waals surface area (Å²) < 4.78 is 0. The number of para-hydroxylation sites is 1. The van der Waals surface area contributed by atoms with Crippen molar-refractivity contribution in [2.45, 2.75) is 71.1 Å². The van der Waals surface area contributed by atoms with E-state index in [9.17, 15) is 9.59 Å². The highest BCUT2D eigenvalue weighted by molar-refractivity contribution is 5.92.